The fourth-order valence-electron chi connectivity index (χ4n) is 3.32. The van der Waals surface area contributed by atoms with Crippen LogP contribution in [0.25, 0.3) is 20.7 Å². The summed E-state index contributed by atoms with van der Waals surface area (Å²) in [5, 5.41) is 2.65. The van der Waals surface area contributed by atoms with Gasteiger partial charge in [-0.05, 0) is 36.1 Å². The van der Waals surface area contributed by atoms with Gasteiger partial charge in [0, 0.05) is 28.8 Å². The fourth-order valence-corrected chi connectivity index (χ4v) is 5.26. The van der Waals surface area contributed by atoms with E-state index in [1.807, 2.05) is 30.5 Å². The lowest BCUT2D eigenvalue weighted by Crippen LogP contribution is -2.26. The van der Waals surface area contributed by atoms with Crippen LogP contribution in [0, 0.1) is 12.7 Å². The zero-order valence-electron chi connectivity index (χ0n) is 15.6. The maximum absolute atomic E-state index is 13.7. The summed E-state index contributed by atoms with van der Waals surface area (Å²) in [6.45, 7) is 2.76. The zero-order chi connectivity index (χ0) is 19.7. The van der Waals surface area contributed by atoms with E-state index in [4.69, 9.17) is 9.72 Å². The molecule has 28 heavy (non-hydrogen) atoms. The molecule has 3 aromatic heterocycles. The molecular weight excluding hydrogens is 395 g/mol. The highest BCUT2D eigenvalue weighted by Gasteiger charge is 2.20. The molecule has 4 rings (SSSR count). The van der Waals surface area contributed by atoms with Crippen molar-refractivity contribution in [3.63, 3.8) is 0 Å². The van der Waals surface area contributed by atoms with Crippen LogP contribution in [0.4, 0.5) is 4.39 Å². The summed E-state index contributed by atoms with van der Waals surface area (Å²) in [4.78, 5) is 21.2. The van der Waals surface area contributed by atoms with Gasteiger partial charge in [0.1, 0.15) is 16.5 Å². The molecule has 0 bridgehead atoms. The Balaban J connectivity index is 1.93. The average Bonchev–Trinajstić information content (AvgIpc) is 3.30. The molecule has 0 aliphatic heterocycles. The largest absolute Gasteiger partial charge is 0.384 e. The molecule has 0 aliphatic rings. The summed E-state index contributed by atoms with van der Waals surface area (Å²) < 4.78 is 20.5. The predicted octanol–water partition coefficient (Wildman–Crippen LogP) is 4.87. The molecule has 0 fully saturated rings. The van der Waals surface area contributed by atoms with E-state index in [1.165, 1.54) is 23.5 Å². The van der Waals surface area contributed by atoms with E-state index in [0.29, 0.717) is 24.2 Å². The number of rotatable bonds is 6. The number of hydrogen-bond donors (Lipinski definition) is 0. The van der Waals surface area contributed by atoms with Crippen molar-refractivity contribution in [3.8, 4) is 10.4 Å². The van der Waals surface area contributed by atoms with E-state index in [0.717, 1.165) is 25.7 Å². The second-order valence-electron chi connectivity index (χ2n) is 6.48. The van der Waals surface area contributed by atoms with Gasteiger partial charge in [0.15, 0.2) is 0 Å². The van der Waals surface area contributed by atoms with Gasteiger partial charge in [-0.15, -0.1) is 22.7 Å². The van der Waals surface area contributed by atoms with Crippen molar-refractivity contribution in [2.45, 2.75) is 19.9 Å². The topological polar surface area (TPSA) is 44.1 Å². The lowest BCUT2D eigenvalue weighted by molar-refractivity contribution is 0.199. The van der Waals surface area contributed by atoms with Crippen molar-refractivity contribution < 1.29 is 9.13 Å². The van der Waals surface area contributed by atoms with Crippen LogP contribution in [0.15, 0.2) is 46.6 Å². The third-order valence-electron chi connectivity index (χ3n) is 4.59. The second-order valence-corrected chi connectivity index (χ2v) is 8.63. The van der Waals surface area contributed by atoms with E-state index < -0.39 is 0 Å². The Bertz CT molecular complexity index is 1180. The number of fused-ring (bicyclic) bond motifs is 1. The van der Waals surface area contributed by atoms with Crippen molar-refractivity contribution in [3.05, 3.63) is 74.2 Å². The normalized spacial score (nSPS) is 11.4. The summed E-state index contributed by atoms with van der Waals surface area (Å²) in [7, 11) is 1.62. The number of benzene rings is 1. The molecule has 4 nitrogen and oxygen atoms in total. The molecule has 0 unspecified atom stereocenters. The van der Waals surface area contributed by atoms with Gasteiger partial charge in [-0.2, -0.15) is 0 Å². The highest BCUT2D eigenvalue weighted by atomic mass is 32.1. The number of nitrogens with zero attached hydrogens (tertiary/aromatic N) is 2. The van der Waals surface area contributed by atoms with Crippen molar-refractivity contribution in [1.82, 2.24) is 9.55 Å². The van der Waals surface area contributed by atoms with Crippen LogP contribution in [0.2, 0.25) is 0 Å². The van der Waals surface area contributed by atoms with E-state index in [-0.39, 0.29) is 17.9 Å². The summed E-state index contributed by atoms with van der Waals surface area (Å²) in [5.74, 6) is 0.339. The van der Waals surface area contributed by atoms with Crippen LogP contribution in [0.3, 0.4) is 0 Å². The van der Waals surface area contributed by atoms with Crippen LogP contribution in [-0.2, 0) is 17.7 Å². The van der Waals surface area contributed by atoms with Crippen molar-refractivity contribution in [1.29, 1.82) is 0 Å². The van der Waals surface area contributed by atoms with E-state index in [2.05, 4.69) is 0 Å². The van der Waals surface area contributed by atoms with Gasteiger partial charge >= 0.3 is 0 Å². The molecule has 3 heterocycles. The molecule has 0 spiro atoms. The molecule has 0 N–H and O–H groups in total. The third-order valence-corrected chi connectivity index (χ3v) is 6.48. The molecule has 0 saturated heterocycles. The minimum absolute atomic E-state index is 0.0897. The van der Waals surface area contributed by atoms with E-state index in [1.54, 1.807) is 29.1 Å². The van der Waals surface area contributed by atoms with Gasteiger partial charge < -0.3 is 4.74 Å². The lowest BCUT2D eigenvalue weighted by atomic mass is 10.1. The summed E-state index contributed by atoms with van der Waals surface area (Å²) in [6.07, 6.45) is 0.516. The van der Waals surface area contributed by atoms with E-state index in [9.17, 15) is 9.18 Å². The Labute approximate surface area is 169 Å². The van der Waals surface area contributed by atoms with Crippen LogP contribution < -0.4 is 5.56 Å². The van der Waals surface area contributed by atoms with Crippen LogP contribution >= 0.6 is 22.7 Å². The number of methoxy groups -OCH3 is 1. The molecule has 4 aromatic rings. The molecule has 0 radical (unpaired) electrons. The number of thiophene rings is 2. The van der Waals surface area contributed by atoms with Gasteiger partial charge in [0.25, 0.3) is 5.56 Å². The first-order chi connectivity index (χ1) is 13.6. The standard InChI is InChI=1S/C21H19FN2O2S2/c1-13-18(16-7-4-10-27-16)19-20(28-13)23-17(8-9-26-2)24(21(19)25)12-14-5-3-6-15(22)11-14/h3-7,10-11H,8-9,12H2,1-2H3. The maximum atomic E-state index is 13.7. The van der Waals surface area contributed by atoms with Crippen molar-refractivity contribution >= 4 is 32.9 Å². The van der Waals surface area contributed by atoms with Crippen LogP contribution in [-0.4, -0.2) is 23.3 Å². The zero-order valence-corrected chi connectivity index (χ0v) is 17.2. The molecule has 0 saturated carbocycles. The Hall–Kier alpha value is -2.35. The van der Waals surface area contributed by atoms with Crippen molar-refractivity contribution in [2.24, 2.45) is 0 Å². The molecule has 7 heteroatoms. The van der Waals surface area contributed by atoms with Gasteiger partial charge in [0.05, 0.1) is 18.5 Å². The molecule has 0 aliphatic carbocycles. The molecule has 144 valence electrons. The van der Waals surface area contributed by atoms with Gasteiger partial charge in [-0.1, -0.05) is 18.2 Å². The van der Waals surface area contributed by atoms with Crippen molar-refractivity contribution in [2.75, 3.05) is 13.7 Å². The number of halogens is 1. The first-order valence-electron chi connectivity index (χ1n) is 8.88. The highest BCUT2D eigenvalue weighted by molar-refractivity contribution is 7.20. The maximum Gasteiger partial charge on any atom is 0.263 e. The predicted molar refractivity (Wildman–Crippen MR) is 113 cm³/mol. The number of ether oxygens (including phenoxy) is 1. The van der Waals surface area contributed by atoms with Crippen LogP contribution in [0.5, 0.6) is 0 Å². The molecule has 0 amide bonds. The smallest absolute Gasteiger partial charge is 0.263 e. The highest BCUT2D eigenvalue weighted by Crippen LogP contribution is 2.38. The number of hydrogen-bond acceptors (Lipinski definition) is 5. The van der Waals surface area contributed by atoms with Gasteiger partial charge in [0.2, 0.25) is 0 Å². The van der Waals surface area contributed by atoms with E-state index >= 15 is 0 Å². The third kappa shape index (κ3) is 3.53. The molecular formula is C21H19FN2O2S2. The summed E-state index contributed by atoms with van der Waals surface area (Å²) >= 11 is 3.15. The molecule has 0 atom stereocenters. The first-order valence-corrected chi connectivity index (χ1v) is 10.6. The van der Waals surface area contributed by atoms with Gasteiger partial charge in [-0.3, -0.25) is 9.36 Å². The summed E-state index contributed by atoms with van der Waals surface area (Å²) in [6, 6.07) is 10.3. The van der Waals surface area contributed by atoms with Gasteiger partial charge in [-0.25, -0.2) is 9.37 Å². The second kappa shape index (κ2) is 7.95. The first kappa shape index (κ1) is 19.0. The Kier molecular flexibility index (Phi) is 5.39. The SMILES string of the molecule is COCCc1nc2sc(C)c(-c3cccs3)c2c(=O)n1Cc1cccc(F)c1. The summed E-state index contributed by atoms with van der Waals surface area (Å²) in [5.41, 5.74) is 1.60. The average molecular weight is 415 g/mol. The molecule has 1 aromatic carbocycles. The fraction of sp³-hybridized carbons (Fsp3) is 0.238. The number of aryl methyl sites for hydroxylation is 1. The Morgan fingerprint density at radius 2 is 2.11 bits per heavy atom. The Morgan fingerprint density at radius 1 is 1.25 bits per heavy atom. The van der Waals surface area contributed by atoms with Crippen LogP contribution in [0.1, 0.15) is 16.3 Å². The monoisotopic (exact) mass is 414 g/mol. The minimum Gasteiger partial charge on any atom is -0.384 e. The quantitative estimate of drug-likeness (QED) is 0.452. The minimum atomic E-state index is -0.316. The lowest BCUT2D eigenvalue weighted by Gasteiger charge is -2.13. The Morgan fingerprint density at radius 3 is 2.82 bits per heavy atom. The number of aromatic nitrogens is 2.